The number of aryl methyl sites for hydroxylation is 1. The SMILES string of the molecule is Cn1c(=O)oc2cc(S(=O)(=O)N3CCOC(c4ccccc4)C3)ccc21. The van der Waals surface area contributed by atoms with Crippen LogP contribution in [0.15, 0.2) is 62.6 Å². The van der Waals surface area contributed by atoms with Crippen molar-refractivity contribution in [3.8, 4) is 0 Å². The van der Waals surface area contributed by atoms with E-state index in [0.717, 1.165) is 5.56 Å². The summed E-state index contributed by atoms with van der Waals surface area (Å²) in [6, 6.07) is 14.0. The lowest BCUT2D eigenvalue weighted by Gasteiger charge is -2.32. The standard InChI is InChI=1S/C18H18N2O5S/c1-19-15-8-7-14(11-16(15)25-18(19)21)26(22,23)20-9-10-24-17(12-20)13-5-3-2-4-6-13/h2-8,11,17H,9-10,12H2,1H3. The highest BCUT2D eigenvalue weighted by Gasteiger charge is 2.32. The highest BCUT2D eigenvalue weighted by molar-refractivity contribution is 7.89. The van der Waals surface area contributed by atoms with Gasteiger partial charge in [-0.25, -0.2) is 13.2 Å². The molecule has 2 heterocycles. The number of oxazole rings is 1. The fourth-order valence-corrected chi connectivity index (χ4v) is 4.58. The molecule has 0 aliphatic carbocycles. The number of rotatable bonds is 3. The Morgan fingerprint density at radius 1 is 1.12 bits per heavy atom. The molecule has 1 unspecified atom stereocenters. The largest absolute Gasteiger partial charge is 0.419 e. The van der Waals surface area contributed by atoms with Gasteiger partial charge in [-0.3, -0.25) is 4.57 Å². The molecule has 0 N–H and O–H groups in total. The third-order valence-electron chi connectivity index (χ3n) is 4.60. The second-order valence-electron chi connectivity index (χ2n) is 6.19. The molecule has 1 aliphatic rings. The molecule has 0 amide bonds. The lowest BCUT2D eigenvalue weighted by Crippen LogP contribution is -2.42. The first-order chi connectivity index (χ1) is 12.5. The van der Waals surface area contributed by atoms with E-state index in [0.29, 0.717) is 12.1 Å². The average Bonchev–Trinajstić information content (AvgIpc) is 2.96. The van der Waals surface area contributed by atoms with Crippen molar-refractivity contribution in [2.75, 3.05) is 19.7 Å². The van der Waals surface area contributed by atoms with Crippen LogP contribution in [0.25, 0.3) is 11.1 Å². The first-order valence-corrected chi connectivity index (χ1v) is 9.67. The summed E-state index contributed by atoms with van der Waals surface area (Å²) in [4.78, 5) is 11.7. The Kier molecular flexibility index (Phi) is 4.18. The summed E-state index contributed by atoms with van der Waals surface area (Å²) in [7, 11) is -2.14. The van der Waals surface area contributed by atoms with Gasteiger partial charge in [0.25, 0.3) is 0 Å². The van der Waals surface area contributed by atoms with E-state index >= 15 is 0 Å². The second-order valence-corrected chi connectivity index (χ2v) is 8.13. The van der Waals surface area contributed by atoms with E-state index in [1.165, 1.54) is 21.0 Å². The maximum atomic E-state index is 13.0. The number of sulfonamides is 1. The van der Waals surface area contributed by atoms with E-state index in [1.807, 2.05) is 30.3 Å². The fourth-order valence-electron chi connectivity index (χ4n) is 3.14. The van der Waals surface area contributed by atoms with Crippen molar-refractivity contribution in [1.82, 2.24) is 8.87 Å². The van der Waals surface area contributed by atoms with Crippen LogP contribution in [0.4, 0.5) is 0 Å². The Bertz CT molecular complexity index is 1100. The van der Waals surface area contributed by atoms with Gasteiger partial charge < -0.3 is 9.15 Å². The molecule has 1 atom stereocenters. The van der Waals surface area contributed by atoms with Crippen molar-refractivity contribution in [1.29, 1.82) is 0 Å². The summed E-state index contributed by atoms with van der Waals surface area (Å²) >= 11 is 0. The molecule has 26 heavy (non-hydrogen) atoms. The maximum absolute atomic E-state index is 13.0. The van der Waals surface area contributed by atoms with E-state index in [4.69, 9.17) is 9.15 Å². The molecule has 1 aromatic heterocycles. The Balaban J connectivity index is 1.66. The van der Waals surface area contributed by atoms with Gasteiger partial charge in [-0.2, -0.15) is 4.31 Å². The monoisotopic (exact) mass is 374 g/mol. The molecule has 1 fully saturated rings. The molecule has 0 saturated carbocycles. The highest BCUT2D eigenvalue weighted by atomic mass is 32.2. The van der Waals surface area contributed by atoms with E-state index in [-0.39, 0.29) is 29.7 Å². The van der Waals surface area contributed by atoms with Crippen molar-refractivity contribution < 1.29 is 17.6 Å². The summed E-state index contributed by atoms with van der Waals surface area (Å²) in [5.41, 5.74) is 1.75. The van der Waals surface area contributed by atoms with Gasteiger partial charge in [0.15, 0.2) is 5.58 Å². The lowest BCUT2D eigenvalue weighted by atomic mass is 10.1. The minimum Gasteiger partial charge on any atom is -0.408 e. The lowest BCUT2D eigenvalue weighted by molar-refractivity contribution is -0.00255. The van der Waals surface area contributed by atoms with Crippen molar-refractivity contribution in [2.24, 2.45) is 7.05 Å². The number of nitrogens with zero attached hydrogens (tertiary/aromatic N) is 2. The molecule has 4 rings (SSSR count). The predicted octanol–water partition coefficient (Wildman–Crippen LogP) is 1.89. The van der Waals surface area contributed by atoms with Crippen molar-refractivity contribution in [2.45, 2.75) is 11.0 Å². The summed E-state index contributed by atoms with van der Waals surface area (Å²) in [6.45, 7) is 0.840. The summed E-state index contributed by atoms with van der Waals surface area (Å²) < 4.78 is 39.7. The number of benzene rings is 2. The number of aromatic nitrogens is 1. The number of fused-ring (bicyclic) bond motifs is 1. The normalized spacial score (nSPS) is 19.0. The van der Waals surface area contributed by atoms with Crippen LogP contribution >= 0.6 is 0 Å². The van der Waals surface area contributed by atoms with E-state index < -0.39 is 15.8 Å². The number of hydrogen-bond acceptors (Lipinski definition) is 5. The zero-order valence-electron chi connectivity index (χ0n) is 14.2. The smallest absolute Gasteiger partial charge is 0.408 e. The summed E-state index contributed by atoms with van der Waals surface area (Å²) in [6.07, 6.45) is -0.307. The van der Waals surface area contributed by atoms with Crippen molar-refractivity contribution in [3.05, 3.63) is 64.6 Å². The van der Waals surface area contributed by atoms with Gasteiger partial charge in [0.1, 0.15) is 0 Å². The number of hydrogen-bond donors (Lipinski definition) is 0. The molecule has 8 heteroatoms. The van der Waals surface area contributed by atoms with Gasteiger partial charge in [0.2, 0.25) is 10.0 Å². The number of ether oxygens (including phenoxy) is 1. The van der Waals surface area contributed by atoms with Crippen LogP contribution in [-0.4, -0.2) is 37.0 Å². The Morgan fingerprint density at radius 2 is 1.88 bits per heavy atom. The first kappa shape index (κ1) is 17.0. The van der Waals surface area contributed by atoms with Gasteiger partial charge in [-0.05, 0) is 17.7 Å². The van der Waals surface area contributed by atoms with Crippen LogP contribution in [-0.2, 0) is 21.8 Å². The maximum Gasteiger partial charge on any atom is 0.419 e. The zero-order chi connectivity index (χ0) is 18.3. The zero-order valence-corrected chi connectivity index (χ0v) is 15.0. The Morgan fingerprint density at radius 3 is 2.65 bits per heavy atom. The minimum absolute atomic E-state index is 0.105. The molecular formula is C18H18N2O5S. The van der Waals surface area contributed by atoms with Gasteiger partial charge >= 0.3 is 5.76 Å². The molecule has 1 saturated heterocycles. The Hall–Kier alpha value is -2.42. The molecule has 7 nitrogen and oxygen atoms in total. The van der Waals surface area contributed by atoms with Gasteiger partial charge in [-0.1, -0.05) is 30.3 Å². The predicted molar refractivity (Wildman–Crippen MR) is 95.3 cm³/mol. The van der Waals surface area contributed by atoms with Crippen LogP contribution in [0, 0.1) is 0 Å². The van der Waals surface area contributed by atoms with Crippen LogP contribution < -0.4 is 5.76 Å². The van der Waals surface area contributed by atoms with Crippen molar-refractivity contribution in [3.63, 3.8) is 0 Å². The third-order valence-corrected chi connectivity index (χ3v) is 6.46. The molecule has 0 spiro atoms. The highest BCUT2D eigenvalue weighted by Crippen LogP contribution is 2.27. The summed E-state index contributed by atoms with van der Waals surface area (Å²) in [5.74, 6) is -0.523. The quantitative estimate of drug-likeness (QED) is 0.699. The van der Waals surface area contributed by atoms with Crippen LogP contribution in [0.2, 0.25) is 0 Å². The van der Waals surface area contributed by atoms with Gasteiger partial charge in [0.05, 0.1) is 23.1 Å². The summed E-state index contributed by atoms with van der Waals surface area (Å²) in [5, 5.41) is 0. The molecule has 0 radical (unpaired) electrons. The van der Waals surface area contributed by atoms with Crippen LogP contribution in [0.1, 0.15) is 11.7 Å². The Labute approximate surface area is 150 Å². The molecular weight excluding hydrogens is 356 g/mol. The minimum atomic E-state index is -3.72. The van der Waals surface area contributed by atoms with E-state index in [9.17, 15) is 13.2 Å². The topological polar surface area (TPSA) is 81.8 Å². The van der Waals surface area contributed by atoms with E-state index in [2.05, 4.69) is 0 Å². The molecule has 1 aliphatic heterocycles. The molecule has 0 bridgehead atoms. The average molecular weight is 374 g/mol. The van der Waals surface area contributed by atoms with E-state index in [1.54, 1.807) is 13.1 Å². The van der Waals surface area contributed by atoms with Crippen LogP contribution in [0.3, 0.4) is 0 Å². The molecule has 3 aromatic rings. The van der Waals surface area contributed by atoms with Gasteiger partial charge in [-0.15, -0.1) is 0 Å². The molecule has 136 valence electrons. The number of morpholine rings is 1. The fraction of sp³-hybridized carbons (Fsp3) is 0.278. The second kappa shape index (κ2) is 6.39. The van der Waals surface area contributed by atoms with Gasteiger partial charge in [0, 0.05) is 26.2 Å². The third kappa shape index (κ3) is 2.86. The first-order valence-electron chi connectivity index (χ1n) is 8.23. The molecule has 2 aromatic carbocycles. The van der Waals surface area contributed by atoms with Crippen molar-refractivity contribution >= 4 is 21.1 Å². The van der Waals surface area contributed by atoms with Crippen LogP contribution in [0.5, 0.6) is 0 Å².